The molecule has 1 aromatic carbocycles. The van der Waals surface area contributed by atoms with Gasteiger partial charge in [0.05, 0.1) is 4.92 Å². The standard InChI is InChI=1S/C20H22N2O6/c23-18-15(19(24)28-20(27-18)8-2-1-3-9-20)12-14-6-7-16(17(13-14)22(25)26)21-10-4-5-11-21/h6-7,12-13H,1-5,8-11H2. The molecule has 148 valence electrons. The Morgan fingerprint density at radius 3 is 2.25 bits per heavy atom. The third kappa shape index (κ3) is 3.46. The van der Waals surface area contributed by atoms with Crippen LogP contribution in [0.15, 0.2) is 23.8 Å². The van der Waals surface area contributed by atoms with Crippen molar-refractivity contribution in [2.75, 3.05) is 18.0 Å². The number of esters is 2. The topological polar surface area (TPSA) is 99.0 Å². The fraction of sp³-hybridized carbons (Fsp3) is 0.500. The Morgan fingerprint density at radius 2 is 1.64 bits per heavy atom. The van der Waals surface area contributed by atoms with Crippen LogP contribution in [0.4, 0.5) is 11.4 Å². The van der Waals surface area contributed by atoms with Gasteiger partial charge in [0, 0.05) is 32.0 Å². The zero-order chi connectivity index (χ0) is 19.7. The van der Waals surface area contributed by atoms with Crippen LogP contribution in [-0.4, -0.2) is 35.7 Å². The van der Waals surface area contributed by atoms with Gasteiger partial charge < -0.3 is 14.4 Å². The molecule has 1 aromatic rings. The van der Waals surface area contributed by atoms with Gasteiger partial charge in [-0.15, -0.1) is 0 Å². The maximum Gasteiger partial charge on any atom is 0.348 e. The van der Waals surface area contributed by atoms with Crippen molar-refractivity contribution in [1.29, 1.82) is 0 Å². The summed E-state index contributed by atoms with van der Waals surface area (Å²) < 4.78 is 10.9. The van der Waals surface area contributed by atoms with Crippen molar-refractivity contribution in [1.82, 2.24) is 0 Å². The van der Waals surface area contributed by atoms with Crippen LogP contribution in [0.2, 0.25) is 0 Å². The number of hydrogen-bond donors (Lipinski definition) is 0. The molecule has 0 unspecified atom stereocenters. The Labute approximate surface area is 162 Å². The molecule has 2 heterocycles. The Kier molecular flexibility index (Phi) is 4.78. The lowest BCUT2D eigenvalue weighted by Crippen LogP contribution is -2.47. The molecular formula is C20H22N2O6. The molecule has 0 aromatic heterocycles. The Morgan fingerprint density at radius 1 is 1.00 bits per heavy atom. The average molecular weight is 386 g/mol. The number of carbonyl (C=O) groups excluding carboxylic acids is 2. The minimum atomic E-state index is -1.14. The maximum atomic E-state index is 12.4. The molecule has 4 rings (SSSR count). The number of hydrogen-bond acceptors (Lipinski definition) is 7. The van der Waals surface area contributed by atoms with Gasteiger partial charge in [0.2, 0.25) is 0 Å². The van der Waals surface area contributed by atoms with Gasteiger partial charge in [-0.3, -0.25) is 10.1 Å². The number of carbonyl (C=O) groups is 2. The van der Waals surface area contributed by atoms with E-state index in [0.29, 0.717) is 24.1 Å². The largest absolute Gasteiger partial charge is 0.419 e. The molecule has 8 nitrogen and oxygen atoms in total. The van der Waals surface area contributed by atoms with Crippen molar-refractivity contribution in [2.24, 2.45) is 0 Å². The van der Waals surface area contributed by atoms with Crippen LogP contribution < -0.4 is 4.90 Å². The molecular weight excluding hydrogens is 364 g/mol. The van der Waals surface area contributed by atoms with E-state index in [0.717, 1.165) is 45.2 Å². The fourth-order valence-electron chi connectivity index (χ4n) is 4.13. The van der Waals surface area contributed by atoms with E-state index in [-0.39, 0.29) is 11.3 Å². The molecule has 0 N–H and O–H groups in total. The highest BCUT2D eigenvalue weighted by Crippen LogP contribution is 2.38. The van der Waals surface area contributed by atoms with E-state index < -0.39 is 22.6 Å². The summed E-state index contributed by atoms with van der Waals surface area (Å²) >= 11 is 0. The lowest BCUT2D eigenvalue weighted by molar-refractivity contribution is -0.384. The highest BCUT2D eigenvalue weighted by molar-refractivity contribution is 6.19. The summed E-state index contributed by atoms with van der Waals surface area (Å²) in [5, 5.41) is 11.5. The lowest BCUT2D eigenvalue weighted by Gasteiger charge is -2.38. The molecule has 0 radical (unpaired) electrons. The second-order valence-corrected chi connectivity index (χ2v) is 7.51. The summed E-state index contributed by atoms with van der Waals surface area (Å²) in [7, 11) is 0. The molecule has 8 heteroatoms. The molecule has 2 aliphatic heterocycles. The Bertz CT molecular complexity index is 828. The molecule has 0 amide bonds. The molecule has 3 aliphatic rings. The van der Waals surface area contributed by atoms with E-state index in [1.54, 1.807) is 12.1 Å². The van der Waals surface area contributed by atoms with E-state index >= 15 is 0 Å². The zero-order valence-electron chi connectivity index (χ0n) is 15.5. The van der Waals surface area contributed by atoms with Crippen LogP contribution in [0.1, 0.15) is 50.5 Å². The number of nitro benzene ring substituents is 1. The van der Waals surface area contributed by atoms with E-state index in [1.165, 1.54) is 12.1 Å². The minimum absolute atomic E-state index is 0.0439. The van der Waals surface area contributed by atoms with Gasteiger partial charge >= 0.3 is 11.9 Å². The summed E-state index contributed by atoms with van der Waals surface area (Å²) in [6, 6.07) is 4.71. The van der Waals surface area contributed by atoms with Gasteiger partial charge in [-0.05, 0) is 43.4 Å². The highest BCUT2D eigenvalue weighted by atomic mass is 16.7. The van der Waals surface area contributed by atoms with Crippen LogP contribution in [0.25, 0.3) is 6.08 Å². The van der Waals surface area contributed by atoms with Crippen molar-refractivity contribution in [3.05, 3.63) is 39.4 Å². The summed E-state index contributed by atoms with van der Waals surface area (Å²) in [6.45, 7) is 1.56. The van der Waals surface area contributed by atoms with Crippen LogP contribution in [-0.2, 0) is 19.1 Å². The van der Waals surface area contributed by atoms with Gasteiger partial charge in [0.1, 0.15) is 11.3 Å². The smallest absolute Gasteiger partial charge is 0.348 e. The van der Waals surface area contributed by atoms with E-state index in [9.17, 15) is 19.7 Å². The maximum absolute atomic E-state index is 12.4. The molecule has 1 spiro atoms. The molecule has 28 heavy (non-hydrogen) atoms. The summed E-state index contributed by atoms with van der Waals surface area (Å²) in [5.41, 5.74) is 0.662. The summed E-state index contributed by atoms with van der Waals surface area (Å²) in [4.78, 5) is 38.0. The predicted molar refractivity (Wildman–Crippen MR) is 101 cm³/mol. The number of nitrogens with zero attached hydrogens (tertiary/aromatic N) is 2. The Hall–Kier alpha value is -2.90. The number of rotatable bonds is 3. The number of nitro groups is 1. The first-order chi connectivity index (χ1) is 13.5. The van der Waals surface area contributed by atoms with Crippen molar-refractivity contribution < 1.29 is 24.0 Å². The van der Waals surface area contributed by atoms with E-state index in [4.69, 9.17) is 9.47 Å². The fourth-order valence-corrected chi connectivity index (χ4v) is 4.13. The molecule has 1 saturated carbocycles. The first-order valence-electron chi connectivity index (χ1n) is 9.69. The van der Waals surface area contributed by atoms with Crippen molar-refractivity contribution in [3.8, 4) is 0 Å². The van der Waals surface area contributed by atoms with Crippen molar-refractivity contribution in [2.45, 2.75) is 50.7 Å². The number of ether oxygens (including phenoxy) is 2. The highest BCUT2D eigenvalue weighted by Gasteiger charge is 2.46. The van der Waals surface area contributed by atoms with Gasteiger partial charge in [-0.25, -0.2) is 9.59 Å². The van der Waals surface area contributed by atoms with E-state index in [2.05, 4.69) is 0 Å². The third-order valence-corrected chi connectivity index (χ3v) is 5.57. The molecule has 0 bridgehead atoms. The molecule has 1 aliphatic carbocycles. The SMILES string of the molecule is O=C1OC2(CCCCC2)OC(=O)C1=Cc1ccc(N2CCCC2)c([N+](=O)[O-])c1. The van der Waals surface area contributed by atoms with Crippen LogP contribution >= 0.6 is 0 Å². The second-order valence-electron chi connectivity index (χ2n) is 7.51. The predicted octanol–water partition coefficient (Wildman–Crippen LogP) is 3.34. The Balaban J connectivity index is 1.61. The third-order valence-electron chi connectivity index (χ3n) is 5.57. The second kappa shape index (κ2) is 7.26. The first-order valence-corrected chi connectivity index (χ1v) is 9.69. The van der Waals surface area contributed by atoms with Gasteiger partial charge in [-0.2, -0.15) is 0 Å². The van der Waals surface area contributed by atoms with Gasteiger partial charge in [-0.1, -0.05) is 12.5 Å². The lowest BCUT2D eigenvalue weighted by atomic mass is 9.93. The minimum Gasteiger partial charge on any atom is -0.419 e. The van der Waals surface area contributed by atoms with Crippen LogP contribution in [0, 0.1) is 10.1 Å². The number of benzene rings is 1. The first kappa shape index (κ1) is 18.5. The normalized spacial score (nSPS) is 21.4. The molecule has 0 atom stereocenters. The van der Waals surface area contributed by atoms with Gasteiger partial charge in [0.25, 0.3) is 11.5 Å². The summed E-state index contributed by atoms with van der Waals surface area (Å²) in [6.07, 6.45) is 7.02. The van der Waals surface area contributed by atoms with Crippen LogP contribution in [0.5, 0.6) is 0 Å². The summed E-state index contributed by atoms with van der Waals surface area (Å²) in [5.74, 6) is -2.61. The average Bonchev–Trinajstić information content (AvgIpc) is 3.20. The van der Waals surface area contributed by atoms with Crippen molar-refractivity contribution in [3.63, 3.8) is 0 Å². The molecule has 2 saturated heterocycles. The van der Waals surface area contributed by atoms with E-state index in [1.807, 2.05) is 4.90 Å². The quantitative estimate of drug-likeness (QED) is 0.258. The zero-order valence-corrected chi connectivity index (χ0v) is 15.5. The molecule has 3 fully saturated rings. The van der Waals surface area contributed by atoms with Crippen molar-refractivity contribution >= 4 is 29.4 Å². The van der Waals surface area contributed by atoms with Crippen LogP contribution in [0.3, 0.4) is 0 Å². The number of anilines is 1. The van der Waals surface area contributed by atoms with Gasteiger partial charge in [0.15, 0.2) is 0 Å². The monoisotopic (exact) mass is 386 g/mol.